The molecule has 3 saturated heterocycles. The Morgan fingerprint density at radius 2 is 1.96 bits per heavy atom. The summed E-state index contributed by atoms with van der Waals surface area (Å²) in [5.74, 6) is -1.46. The van der Waals surface area contributed by atoms with Gasteiger partial charge in [0.05, 0.1) is 9.58 Å². The first-order valence-corrected chi connectivity index (χ1v) is 9.13. The normalized spacial score (nSPS) is 27.1. The Labute approximate surface area is 155 Å². The summed E-state index contributed by atoms with van der Waals surface area (Å²) < 4.78 is 27.4. The number of rotatable bonds is 2. The van der Waals surface area contributed by atoms with E-state index < -0.39 is 11.6 Å². The monoisotopic (exact) mass is 386 g/mol. The topological polar surface area (TPSA) is 32.3 Å². The highest BCUT2D eigenvalue weighted by molar-refractivity contribution is 7.20. The fourth-order valence-corrected chi connectivity index (χ4v) is 5.24. The van der Waals surface area contributed by atoms with Gasteiger partial charge >= 0.3 is 0 Å². The van der Waals surface area contributed by atoms with E-state index in [0.29, 0.717) is 16.2 Å². The first-order chi connectivity index (χ1) is 11.4. The van der Waals surface area contributed by atoms with Crippen molar-refractivity contribution in [3.63, 3.8) is 0 Å². The number of fused-ring (bicyclic) bond motifs is 4. The van der Waals surface area contributed by atoms with E-state index in [-0.39, 0.29) is 34.6 Å². The van der Waals surface area contributed by atoms with Crippen molar-refractivity contribution in [2.24, 2.45) is 5.92 Å². The van der Waals surface area contributed by atoms with Gasteiger partial charge in [-0.3, -0.25) is 9.69 Å². The lowest BCUT2D eigenvalue weighted by molar-refractivity contribution is -0.0377. The van der Waals surface area contributed by atoms with E-state index in [1.807, 2.05) is 0 Å². The Balaban J connectivity index is 0.00000182. The molecule has 7 heteroatoms. The summed E-state index contributed by atoms with van der Waals surface area (Å²) in [5, 5.41) is 3.73. The predicted molar refractivity (Wildman–Crippen MR) is 98.6 cm³/mol. The summed E-state index contributed by atoms with van der Waals surface area (Å²) in [6.07, 6.45) is 2.20. The van der Waals surface area contributed by atoms with Crippen LogP contribution in [0.25, 0.3) is 10.1 Å². The molecule has 1 aromatic heterocycles. The molecule has 3 nitrogen and oxygen atoms in total. The number of benzene rings is 1. The molecule has 136 valence electrons. The number of piperidine rings is 3. The lowest BCUT2D eigenvalue weighted by atomic mass is 9.72. The molecular weight excluding hydrogens is 366 g/mol. The van der Waals surface area contributed by atoms with E-state index in [1.165, 1.54) is 6.07 Å². The van der Waals surface area contributed by atoms with Gasteiger partial charge in [-0.2, -0.15) is 0 Å². The lowest BCUT2D eigenvalue weighted by Crippen LogP contribution is -2.69. The standard InChI is InChI=1S/C18H20F2N2OS.ClH/c1-18(2)16(10-5-7-22(18)8-6-10)21-17(23)13-9-11-3-4-12(19)14(20)15(11)24-13;/h3-4,9-10,16H,5-8H2,1-2H3,(H,21,23);1H/t16-;/m1./s1. The van der Waals surface area contributed by atoms with Crippen LogP contribution in [0.4, 0.5) is 8.78 Å². The maximum atomic E-state index is 13.9. The van der Waals surface area contributed by atoms with Crippen LogP contribution in [0.2, 0.25) is 0 Å². The number of hydrogen-bond donors (Lipinski definition) is 1. The minimum Gasteiger partial charge on any atom is -0.346 e. The van der Waals surface area contributed by atoms with Gasteiger partial charge in [-0.05, 0) is 63.2 Å². The number of thiophene rings is 1. The van der Waals surface area contributed by atoms with Crippen LogP contribution >= 0.6 is 23.7 Å². The Kier molecular flexibility index (Phi) is 4.81. The van der Waals surface area contributed by atoms with Crippen LogP contribution in [0.5, 0.6) is 0 Å². The molecule has 3 aliphatic rings. The van der Waals surface area contributed by atoms with Gasteiger partial charge in [0.1, 0.15) is 0 Å². The molecular formula is C18H21ClF2N2OS. The molecule has 1 atom stereocenters. The van der Waals surface area contributed by atoms with Gasteiger partial charge in [0.2, 0.25) is 0 Å². The van der Waals surface area contributed by atoms with Gasteiger partial charge < -0.3 is 5.32 Å². The Morgan fingerprint density at radius 3 is 2.60 bits per heavy atom. The number of hydrogen-bond acceptors (Lipinski definition) is 3. The van der Waals surface area contributed by atoms with Crippen molar-refractivity contribution in [1.82, 2.24) is 10.2 Å². The summed E-state index contributed by atoms with van der Waals surface area (Å²) in [6, 6.07) is 4.34. The maximum absolute atomic E-state index is 13.9. The van der Waals surface area contributed by atoms with E-state index in [1.54, 1.807) is 6.07 Å². The first kappa shape index (κ1) is 18.5. The van der Waals surface area contributed by atoms with Crippen molar-refractivity contribution in [2.75, 3.05) is 13.1 Å². The quantitative estimate of drug-likeness (QED) is 0.838. The number of carbonyl (C=O) groups excluding carboxylic acids is 1. The number of halogens is 3. The second-order valence-electron chi connectivity index (χ2n) is 7.32. The molecule has 3 aliphatic heterocycles. The van der Waals surface area contributed by atoms with Gasteiger partial charge in [-0.15, -0.1) is 23.7 Å². The van der Waals surface area contributed by atoms with Gasteiger partial charge in [-0.25, -0.2) is 8.78 Å². The third kappa shape index (κ3) is 2.94. The molecule has 5 rings (SSSR count). The zero-order valence-electron chi connectivity index (χ0n) is 14.1. The number of nitrogens with one attached hydrogen (secondary N) is 1. The zero-order valence-corrected chi connectivity index (χ0v) is 15.8. The average Bonchev–Trinajstić information content (AvgIpc) is 3.00. The highest BCUT2D eigenvalue weighted by atomic mass is 35.5. The van der Waals surface area contributed by atoms with Crippen LogP contribution < -0.4 is 5.32 Å². The SMILES string of the molecule is CC1(C)[C@H](NC(=O)c2cc3ccc(F)c(F)c3s2)C2CCN1CC2.Cl. The molecule has 0 spiro atoms. The molecule has 1 N–H and O–H groups in total. The molecule has 3 fully saturated rings. The second kappa shape index (κ2) is 6.49. The van der Waals surface area contributed by atoms with Gasteiger partial charge in [0, 0.05) is 11.6 Å². The molecule has 2 bridgehead atoms. The number of carbonyl (C=O) groups is 1. The highest BCUT2D eigenvalue weighted by Crippen LogP contribution is 2.39. The molecule has 0 aliphatic carbocycles. The smallest absolute Gasteiger partial charge is 0.261 e. The molecule has 1 amide bonds. The lowest BCUT2D eigenvalue weighted by Gasteiger charge is -2.56. The van der Waals surface area contributed by atoms with Crippen molar-refractivity contribution >= 4 is 39.7 Å². The van der Waals surface area contributed by atoms with Crippen molar-refractivity contribution in [2.45, 2.75) is 38.3 Å². The largest absolute Gasteiger partial charge is 0.346 e. The molecule has 1 aromatic carbocycles. The van der Waals surface area contributed by atoms with E-state index in [4.69, 9.17) is 0 Å². The third-order valence-electron chi connectivity index (χ3n) is 5.68. The fourth-order valence-electron chi connectivity index (χ4n) is 4.25. The van der Waals surface area contributed by atoms with Gasteiger partial charge in [-0.1, -0.05) is 6.07 Å². The molecule has 0 radical (unpaired) electrons. The van der Waals surface area contributed by atoms with E-state index in [0.717, 1.165) is 43.3 Å². The molecule has 4 heterocycles. The summed E-state index contributed by atoms with van der Waals surface area (Å²) in [6.45, 7) is 6.50. The summed E-state index contributed by atoms with van der Waals surface area (Å²) >= 11 is 1.01. The maximum Gasteiger partial charge on any atom is 0.261 e. The van der Waals surface area contributed by atoms with Crippen molar-refractivity contribution < 1.29 is 13.6 Å². The van der Waals surface area contributed by atoms with E-state index in [9.17, 15) is 13.6 Å². The van der Waals surface area contributed by atoms with E-state index in [2.05, 4.69) is 24.1 Å². The zero-order chi connectivity index (χ0) is 17.1. The number of nitrogens with zero attached hydrogens (tertiary/aromatic N) is 1. The van der Waals surface area contributed by atoms with Crippen molar-refractivity contribution in [1.29, 1.82) is 0 Å². The fraction of sp³-hybridized carbons (Fsp3) is 0.500. The highest BCUT2D eigenvalue weighted by Gasteiger charge is 2.48. The minimum atomic E-state index is -0.880. The van der Waals surface area contributed by atoms with E-state index >= 15 is 0 Å². The summed E-state index contributed by atoms with van der Waals surface area (Å²) in [7, 11) is 0. The Hall–Kier alpha value is -1.24. The first-order valence-electron chi connectivity index (χ1n) is 8.31. The summed E-state index contributed by atoms with van der Waals surface area (Å²) in [4.78, 5) is 15.6. The van der Waals surface area contributed by atoms with Crippen LogP contribution in [0, 0.1) is 17.6 Å². The molecule has 25 heavy (non-hydrogen) atoms. The van der Waals surface area contributed by atoms with Crippen molar-refractivity contribution in [3.05, 3.63) is 34.7 Å². The van der Waals surface area contributed by atoms with Crippen LogP contribution in [0.15, 0.2) is 18.2 Å². The van der Waals surface area contributed by atoms with Crippen LogP contribution in [-0.2, 0) is 0 Å². The van der Waals surface area contributed by atoms with Crippen LogP contribution in [-0.4, -0.2) is 35.5 Å². The second-order valence-corrected chi connectivity index (χ2v) is 8.37. The predicted octanol–water partition coefficient (Wildman–Crippen LogP) is 4.20. The van der Waals surface area contributed by atoms with Crippen molar-refractivity contribution in [3.8, 4) is 0 Å². The van der Waals surface area contributed by atoms with Gasteiger partial charge in [0.15, 0.2) is 11.6 Å². The summed E-state index contributed by atoms with van der Waals surface area (Å²) in [5.41, 5.74) is -0.0785. The molecule has 0 saturated carbocycles. The van der Waals surface area contributed by atoms with Crippen LogP contribution in [0.3, 0.4) is 0 Å². The average molecular weight is 387 g/mol. The minimum absolute atomic E-state index is 0. The Bertz CT molecular complexity index is 815. The van der Waals surface area contributed by atoms with Crippen LogP contribution in [0.1, 0.15) is 36.4 Å². The van der Waals surface area contributed by atoms with Gasteiger partial charge in [0.25, 0.3) is 5.91 Å². The number of amides is 1. The molecule has 2 aromatic rings. The Morgan fingerprint density at radius 1 is 1.28 bits per heavy atom. The molecule has 0 unspecified atom stereocenters. The third-order valence-corrected chi connectivity index (χ3v) is 6.82.